The van der Waals surface area contributed by atoms with Gasteiger partial charge >= 0.3 is 0 Å². The summed E-state index contributed by atoms with van der Waals surface area (Å²) in [5.74, 6) is 0.599. The predicted octanol–water partition coefficient (Wildman–Crippen LogP) is 2.43. The summed E-state index contributed by atoms with van der Waals surface area (Å²) in [5.41, 5.74) is 2.61. The van der Waals surface area contributed by atoms with Crippen LogP contribution >= 0.6 is 0 Å². The Morgan fingerprint density at radius 2 is 2.00 bits per heavy atom. The van der Waals surface area contributed by atoms with Gasteiger partial charge in [-0.25, -0.2) is 0 Å². The van der Waals surface area contributed by atoms with E-state index in [1.807, 2.05) is 0 Å². The van der Waals surface area contributed by atoms with Crippen molar-refractivity contribution >= 4 is 0 Å². The van der Waals surface area contributed by atoms with Crippen LogP contribution in [0.15, 0.2) is 24.3 Å². The molecule has 2 nitrogen and oxygen atoms in total. The number of ether oxygens (including phenoxy) is 1. The standard InChI is InChI=1S/C12H17NO/c1-9(2)10-3-5-11(6-4-10)12-13-7-8-14-12/h3-6,9,12-13H,7-8H2,1-2H3. The zero-order valence-corrected chi connectivity index (χ0v) is 8.79. The highest BCUT2D eigenvalue weighted by Gasteiger charge is 2.16. The van der Waals surface area contributed by atoms with E-state index in [4.69, 9.17) is 4.74 Å². The van der Waals surface area contributed by atoms with E-state index in [2.05, 4.69) is 43.4 Å². The Morgan fingerprint density at radius 1 is 1.29 bits per heavy atom. The first-order valence-corrected chi connectivity index (χ1v) is 5.22. The lowest BCUT2D eigenvalue weighted by Crippen LogP contribution is -2.13. The minimum atomic E-state index is 0.108. The molecule has 1 aliphatic rings. The van der Waals surface area contributed by atoms with Crippen LogP contribution in [0.3, 0.4) is 0 Å². The van der Waals surface area contributed by atoms with Gasteiger partial charge in [-0.2, -0.15) is 0 Å². The van der Waals surface area contributed by atoms with Crippen molar-refractivity contribution in [1.29, 1.82) is 0 Å². The molecule has 1 saturated heterocycles. The Labute approximate surface area is 85.3 Å². The average Bonchev–Trinajstić information content (AvgIpc) is 2.71. The second-order valence-electron chi connectivity index (χ2n) is 4.03. The van der Waals surface area contributed by atoms with Gasteiger partial charge in [0, 0.05) is 6.54 Å². The van der Waals surface area contributed by atoms with Crippen molar-refractivity contribution in [3.63, 3.8) is 0 Å². The molecular formula is C12H17NO. The first-order chi connectivity index (χ1) is 6.77. The highest BCUT2D eigenvalue weighted by Crippen LogP contribution is 2.21. The summed E-state index contributed by atoms with van der Waals surface area (Å²) in [6.07, 6.45) is 0.108. The van der Waals surface area contributed by atoms with Crippen LogP contribution in [0.5, 0.6) is 0 Å². The average molecular weight is 191 g/mol. The molecule has 2 rings (SSSR count). The van der Waals surface area contributed by atoms with E-state index in [1.165, 1.54) is 11.1 Å². The number of benzene rings is 1. The van der Waals surface area contributed by atoms with E-state index in [0.29, 0.717) is 5.92 Å². The van der Waals surface area contributed by atoms with Crippen molar-refractivity contribution in [2.75, 3.05) is 13.2 Å². The molecule has 1 aromatic carbocycles. The molecule has 0 aliphatic carbocycles. The van der Waals surface area contributed by atoms with Crippen LogP contribution in [0.25, 0.3) is 0 Å². The molecule has 1 aromatic rings. The van der Waals surface area contributed by atoms with Crippen LogP contribution in [0, 0.1) is 0 Å². The second-order valence-corrected chi connectivity index (χ2v) is 4.03. The van der Waals surface area contributed by atoms with E-state index < -0.39 is 0 Å². The molecule has 1 aliphatic heterocycles. The molecule has 0 amide bonds. The molecule has 0 radical (unpaired) electrons. The van der Waals surface area contributed by atoms with Gasteiger partial charge in [-0.3, -0.25) is 5.32 Å². The fourth-order valence-corrected chi connectivity index (χ4v) is 1.70. The SMILES string of the molecule is CC(C)c1ccc(C2NCCO2)cc1. The van der Waals surface area contributed by atoms with Gasteiger partial charge in [-0.15, -0.1) is 0 Å². The van der Waals surface area contributed by atoms with Crippen LogP contribution in [0.2, 0.25) is 0 Å². The molecule has 1 N–H and O–H groups in total. The summed E-state index contributed by atoms with van der Waals surface area (Å²) in [5, 5.41) is 3.30. The Kier molecular flexibility index (Phi) is 2.85. The summed E-state index contributed by atoms with van der Waals surface area (Å²) < 4.78 is 5.53. The monoisotopic (exact) mass is 191 g/mol. The maximum Gasteiger partial charge on any atom is 0.134 e. The summed E-state index contributed by atoms with van der Waals surface area (Å²) in [7, 11) is 0. The van der Waals surface area contributed by atoms with Gasteiger partial charge in [0.25, 0.3) is 0 Å². The Bertz CT molecular complexity index is 286. The van der Waals surface area contributed by atoms with E-state index >= 15 is 0 Å². The van der Waals surface area contributed by atoms with E-state index in [9.17, 15) is 0 Å². The van der Waals surface area contributed by atoms with Gasteiger partial charge in [0.15, 0.2) is 0 Å². The first kappa shape index (κ1) is 9.69. The third-order valence-electron chi connectivity index (χ3n) is 2.62. The Balaban J connectivity index is 2.12. The zero-order chi connectivity index (χ0) is 9.97. The summed E-state index contributed by atoms with van der Waals surface area (Å²) in [6, 6.07) is 8.67. The topological polar surface area (TPSA) is 21.3 Å². The van der Waals surface area contributed by atoms with Gasteiger partial charge in [-0.05, 0) is 17.0 Å². The molecule has 14 heavy (non-hydrogen) atoms. The predicted molar refractivity (Wildman–Crippen MR) is 57.2 cm³/mol. The number of rotatable bonds is 2. The highest BCUT2D eigenvalue weighted by atomic mass is 16.5. The molecule has 0 saturated carbocycles. The number of hydrogen-bond acceptors (Lipinski definition) is 2. The van der Waals surface area contributed by atoms with E-state index in [-0.39, 0.29) is 6.23 Å². The van der Waals surface area contributed by atoms with Crippen molar-refractivity contribution in [3.05, 3.63) is 35.4 Å². The van der Waals surface area contributed by atoms with Crippen LogP contribution in [0.4, 0.5) is 0 Å². The molecule has 76 valence electrons. The molecule has 0 spiro atoms. The van der Waals surface area contributed by atoms with Crippen LogP contribution in [-0.4, -0.2) is 13.2 Å². The highest BCUT2D eigenvalue weighted by molar-refractivity contribution is 5.26. The lowest BCUT2D eigenvalue weighted by molar-refractivity contribution is 0.102. The first-order valence-electron chi connectivity index (χ1n) is 5.22. The summed E-state index contributed by atoms with van der Waals surface area (Å²) in [6.45, 7) is 6.19. The van der Waals surface area contributed by atoms with Crippen LogP contribution in [0.1, 0.15) is 37.1 Å². The van der Waals surface area contributed by atoms with E-state index in [1.54, 1.807) is 0 Å². The lowest BCUT2D eigenvalue weighted by Gasteiger charge is -2.11. The fraction of sp³-hybridized carbons (Fsp3) is 0.500. The van der Waals surface area contributed by atoms with Crippen LogP contribution in [-0.2, 0) is 4.74 Å². The number of nitrogens with one attached hydrogen (secondary N) is 1. The molecular weight excluding hydrogens is 174 g/mol. The number of hydrogen-bond donors (Lipinski definition) is 1. The van der Waals surface area contributed by atoms with Gasteiger partial charge in [0.1, 0.15) is 6.23 Å². The molecule has 1 fully saturated rings. The van der Waals surface area contributed by atoms with Crippen molar-refractivity contribution < 1.29 is 4.74 Å². The van der Waals surface area contributed by atoms with Crippen molar-refractivity contribution in [1.82, 2.24) is 5.32 Å². The fourth-order valence-electron chi connectivity index (χ4n) is 1.70. The van der Waals surface area contributed by atoms with Gasteiger partial charge in [0.2, 0.25) is 0 Å². The third kappa shape index (κ3) is 1.97. The molecule has 0 bridgehead atoms. The maximum absolute atomic E-state index is 5.53. The molecule has 2 heteroatoms. The van der Waals surface area contributed by atoms with E-state index in [0.717, 1.165) is 13.2 Å². The maximum atomic E-state index is 5.53. The summed E-state index contributed by atoms with van der Waals surface area (Å²) >= 11 is 0. The van der Waals surface area contributed by atoms with Gasteiger partial charge in [0.05, 0.1) is 6.61 Å². The summed E-state index contributed by atoms with van der Waals surface area (Å²) in [4.78, 5) is 0. The van der Waals surface area contributed by atoms with Crippen LogP contribution < -0.4 is 5.32 Å². The van der Waals surface area contributed by atoms with Gasteiger partial charge in [-0.1, -0.05) is 38.1 Å². The molecule has 1 unspecified atom stereocenters. The second kappa shape index (κ2) is 4.11. The van der Waals surface area contributed by atoms with Gasteiger partial charge < -0.3 is 4.74 Å². The zero-order valence-electron chi connectivity index (χ0n) is 8.79. The molecule has 1 atom stereocenters. The third-order valence-corrected chi connectivity index (χ3v) is 2.62. The van der Waals surface area contributed by atoms with Crippen molar-refractivity contribution in [3.8, 4) is 0 Å². The largest absolute Gasteiger partial charge is 0.358 e. The Hall–Kier alpha value is -0.860. The lowest BCUT2D eigenvalue weighted by atomic mass is 10.0. The van der Waals surface area contributed by atoms with Crippen molar-refractivity contribution in [2.24, 2.45) is 0 Å². The smallest absolute Gasteiger partial charge is 0.134 e. The molecule has 0 aromatic heterocycles. The normalized spacial score (nSPS) is 21.8. The quantitative estimate of drug-likeness (QED) is 0.775. The minimum absolute atomic E-state index is 0.108. The minimum Gasteiger partial charge on any atom is -0.358 e. The molecule has 1 heterocycles. The van der Waals surface area contributed by atoms with Crippen molar-refractivity contribution in [2.45, 2.75) is 26.0 Å². The Morgan fingerprint density at radius 3 is 2.50 bits per heavy atom.